The number of rotatable bonds is 4. The van der Waals surface area contributed by atoms with Gasteiger partial charge in [0.15, 0.2) is 0 Å². The molecule has 0 bridgehead atoms. The van der Waals surface area contributed by atoms with Gasteiger partial charge in [-0.3, -0.25) is 0 Å². The van der Waals surface area contributed by atoms with Crippen LogP contribution in [0.25, 0.3) is 10.8 Å². The molecule has 2 unspecified atom stereocenters. The van der Waals surface area contributed by atoms with Crippen LogP contribution in [0, 0.1) is 5.92 Å². The lowest BCUT2D eigenvalue weighted by molar-refractivity contribution is 0.00691. The van der Waals surface area contributed by atoms with E-state index in [0.29, 0.717) is 12.3 Å². The minimum atomic E-state index is -0.650. The Morgan fingerprint density at radius 1 is 1.00 bits per heavy atom. The minimum absolute atomic E-state index is 0.315. The normalized spacial score (nSPS) is 18.8. The number of hydrogen-bond acceptors (Lipinski definition) is 2. The molecular weight excluding hydrogens is 224 g/mol. The Balaban J connectivity index is 1.85. The van der Waals surface area contributed by atoms with E-state index in [9.17, 15) is 10.2 Å². The second-order valence-electron chi connectivity index (χ2n) is 5.24. The van der Waals surface area contributed by atoms with E-state index in [1.165, 1.54) is 10.8 Å². The van der Waals surface area contributed by atoms with Crippen LogP contribution in [0.5, 0.6) is 0 Å². The molecule has 2 heteroatoms. The Labute approximate surface area is 107 Å². The fraction of sp³-hybridized carbons (Fsp3) is 0.375. The Bertz CT molecular complexity index is 540. The summed E-state index contributed by atoms with van der Waals surface area (Å²) in [5.74, 6) is 0.315. The van der Waals surface area contributed by atoms with E-state index < -0.39 is 12.2 Å². The van der Waals surface area contributed by atoms with E-state index >= 15 is 0 Å². The van der Waals surface area contributed by atoms with Crippen LogP contribution in [-0.4, -0.2) is 22.4 Å². The van der Waals surface area contributed by atoms with E-state index in [2.05, 4.69) is 18.2 Å². The molecule has 0 heterocycles. The van der Waals surface area contributed by atoms with Crippen molar-refractivity contribution in [3.05, 3.63) is 48.0 Å². The van der Waals surface area contributed by atoms with Crippen LogP contribution < -0.4 is 0 Å². The Morgan fingerprint density at radius 2 is 1.72 bits per heavy atom. The molecule has 1 saturated carbocycles. The molecule has 2 aromatic carbocycles. The first-order chi connectivity index (χ1) is 8.75. The highest BCUT2D eigenvalue weighted by atomic mass is 16.3. The molecule has 0 aliphatic heterocycles. The SMILES string of the molecule is OC(Cc1cccc2ccccc12)C(O)C1CC1. The van der Waals surface area contributed by atoms with E-state index in [1.807, 2.05) is 24.3 Å². The average molecular weight is 242 g/mol. The van der Waals surface area contributed by atoms with Gasteiger partial charge in [-0.1, -0.05) is 42.5 Å². The zero-order valence-electron chi connectivity index (χ0n) is 10.3. The van der Waals surface area contributed by atoms with Crippen molar-refractivity contribution in [2.75, 3.05) is 0 Å². The van der Waals surface area contributed by atoms with Crippen LogP contribution in [0.1, 0.15) is 18.4 Å². The predicted molar refractivity (Wildman–Crippen MR) is 72.4 cm³/mol. The lowest BCUT2D eigenvalue weighted by Crippen LogP contribution is -2.29. The molecular formula is C16H18O2. The second kappa shape index (κ2) is 4.71. The standard InChI is InChI=1S/C16H18O2/c17-15(16(18)12-8-9-12)10-13-6-3-5-11-4-1-2-7-14(11)13/h1-7,12,15-18H,8-10H2. The first-order valence-corrected chi connectivity index (χ1v) is 6.58. The van der Waals surface area contributed by atoms with Crippen LogP contribution in [0.15, 0.2) is 42.5 Å². The van der Waals surface area contributed by atoms with Crippen molar-refractivity contribution in [1.29, 1.82) is 0 Å². The fourth-order valence-electron chi connectivity index (χ4n) is 2.57. The number of aliphatic hydroxyl groups is 2. The van der Waals surface area contributed by atoms with E-state index in [0.717, 1.165) is 18.4 Å². The summed E-state index contributed by atoms with van der Waals surface area (Å²) < 4.78 is 0. The summed E-state index contributed by atoms with van der Waals surface area (Å²) in [4.78, 5) is 0. The molecule has 1 aliphatic carbocycles. The van der Waals surface area contributed by atoms with Crippen molar-refractivity contribution in [3.8, 4) is 0 Å². The monoisotopic (exact) mass is 242 g/mol. The van der Waals surface area contributed by atoms with Crippen molar-refractivity contribution in [3.63, 3.8) is 0 Å². The molecule has 0 amide bonds. The highest BCUT2D eigenvalue weighted by Gasteiger charge is 2.34. The third-order valence-electron chi connectivity index (χ3n) is 3.81. The number of fused-ring (bicyclic) bond motifs is 1. The van der Waals surface area contributed by atoms with Crippen LogP contribution in [0.4, 0.5) is 0 Å². The predicted octanol–water partition coefficient (Wildman–Crippen LogP) is 2.51. The van der Waals surface area contributed by atoms with Crippen molar-refractivity contribution in [2.45, 2.75) is 31.5 Å². The summed E-state index contributed by atoms with van der Waals surface area (Å²) in [6.45, 7) is 0. The Kier molecular flexibility index (Phi) is 3.06. The molecule has 2 N–H and O–H groups in total. The van der Waals surface area contributed by atoms with E-state index in [-0.39, 0.29) is 0 Å². The van der Waals surface area contributed by atoms with Gasteiger partial charge >= 0.3 is 0 Å². The maximum absolute atomic E-state index is 10.1. The topological polar surface area (TPSA) is 40.5 Å². The van der Waals surface area contributed by atoms with Gasteiger partial charge in [0.25, 0.3) is 0 Å². The largest absolute Gasteiger partial charge is 0.390 e. The highest BCUT2D eigenvalue weighted by molar-refractivity contribution is 5.85. The van der Waals surface area contributed by atoms with Crippen LogP contribution in [-0.2, 0) is 6.42 Å². The molecule has 1 fully saturated rings. The van der Waals surface area contributed by atoms with Crippen molar-refractivity contribution in [2.24, 2.45) is 5.92 Å². The van der Waals surface area contributed by atoms with Gasteiger partial charge in [0, 0.05) is 6.42 Å². The smallest absolute Gasteiger partial charge is 0.0842 e. The molecule has 0 saturated heterocycles. The quantitative estimate of drug-likeness (QED) is 0.865. The van der Waals surface area contributed by atoms with Gasteiger partial charge in [0.05, 0.1) is 12.2 Å². The third-order valence-corrected chi connectivity index (χ3v) is 3.81. The molecule has 1 aliphatic rings. The van der Waals surface area contributed by atoms with E-state index in [4.69, 9.17) is 0 Å². The number of benzene rings is 2. The van der Waals surface area contributed by atoms with Gasteiger partial charge < -0.3 is 10.2 Å². The van der Waals surface area contributed by atoms with Gasteiger partial charge in [-0.05, 0) is 35.1 Å². The zero-order valence-corrected chi connectivity index (χ0v) is 10.3. The summed E-state index contributed by atoms with van der Waals surface area (Å²) in [6, 6.07) is 14.3. The van der Waals surface area contributed by atoms with Crippen molar-refractivity contribution >= 4 is 10.8 Å². The maximum Gasteiger partial charge on any atom is 0.0842 e. The average Bonchev–Trinajstić information content (AvgIpc) is 3.22. The van der Waals surface area contributed by atoms with Crippen molar-refractivity contribution in [1.82, 2.24) is 0 Å². The number of hydrogen-bond donors (Lipinski definition) is 2. The first kappa shape index (κ1) is 11.7. The molecule has 0 radical (unpaired) electrons. The van der Waals surface area contributed by atoms with Crippen molar-refractivity contribution < 1.29 is 10.2 Å². The second-order valence-corrected chi connectivity index (χ2v) is 5.24. The number of aliphatic hydroxyl groups excluding tert-OH is 2. The molecule has 94 valence electrons. The van der Waals surface area contributed by atoms with Gasteiger partial charge in [-0.15, -0.1) is 0 Å². The summed E-state index contributed by atoms with van der Waals surface area (Å²) in [6.07, 6.45) is 1.41. The molecule has 2 aromatic rings. The van der Waals surface area contributed by atoms with Crippen LogP contribution in [0.3, 0.4) is 0 Å². The Morgan fingerprint density at radius 3 is 2.50 bits per heavy atom. The Hall–Kier alpha value is -1.38. The van der Waals surface area contributed by atoms with Gasteiger partial charge in [0.2, 0.25) is 0 Å². The minimum Gasteiger partial charge on any atom is -0.390 e. The van der Waals surface area contributed by atoms with Gasteiger partial charge in [-0.2, -0.15) is 0 Å². The molecule has 0 spiro atoms. The molecule has 18 heavy (non-hydrogen) atoms. The highest BCUT2D eigenvalue weighted by Crippen LogP contribution is 2.34. The molecule has 2 atom stereocenters. The summed E-state index contributed by atoms with van der Waals surface area (Å²) in [7, 11) is 0. The van der Waals surface area contributed by atoms with Crippen LogP contribution in [0.2, 0.25) is 0 Å². The maximum atomic E-state index is 10.1. The summed E-state index contributed by atoms with van der Waals surface area (Å²) in [5, 5.41) is 22.4. The zero-order chi connectivity index (χ0) is 12.5. The third kappa shape index (κ3) is 2.26. The van der Waals surface area contributed by atoms with Gasteiger partial charge in [0.1, 0.15) is 0 Å². The molecule has 0 aromatic heterocycles. The lowest BCUT2D eigenvalue weighted by atomic mass is 9.96. The first-order valence-electron chi connectivity index (χ1n) is 6.58. The molecule has 2 nitrogen and oxygen atoms in total. The lowest BCUT2D eigenvalue weighted by Gasteiger charge is -2.18. The molecule has 3 rings (SSSR count). The fourth-order valence-corrected chi connectivity index (χ4v) is 2.57. The van der Waals surface area contributed by atoms with E-state index in [1.54, 1.807) is 0 Å². The van der Waals surface area contributed by atoms with Gasteiger partial charge in [-0.25, -0.2) is 0 Å². The summed E-state index contributed by atoms with van der Waals surface area (Å²) >= 11 is 0. The summed E-state index contributed by atoms with van der Waals surface area (Å²) in [5.41, 5.74) is 1.11. The van der Waals surface area contributed by atoms with Crippen LogP contribution >= 0.6 is 0 Å².